The Morgan fingerprint density at radius 3 is 2.13 bits per heavy atom. The van der Waals surface area contributed by atoms with Gasteiger partial charge >= 0.3 is 0 Å². The fourth-order valence-electron chi connectivity index (χ4n) is 1.78. The minimum Gasteiger partial charge on any atom is -0.280 e. The van der Waals surface area contributed by atoms with E-state index in [-0.39, 0.29) is 15.5 Å². The number of hydrogen-bond donors (Lipinski definition) is 1. The Labute approximate surface area is 134 Å². The lowest BCUT2D eigenvalue weighted by Gasteiger charge is -2.13. The van der Waals surface area contributed by atoms with E-state index in [1.807, 2.05) is 0 Å². The van der Waals surface area contributed by atoms with Crippen LogP contribution in [0.4, 0.5) is 10.1 Å². The second kappa shape index (κ2) is 6.26. The van der Waals surface area contributed by atoms with E-state index in [4.69, 9.17) is 0 Å². The standard InChI is InChI=1S/C14H15FN2O4S2/c1-17(2)23(20,21)14-8-4-6-12(10-14)16-22(18,19)13-7-3-5-11(15)9-13/h3-10,16H,1-2H3. The molecule has 0 unspecified atom stereocenters. The average molecular weight is 358 g/mol. The third-order valence-corrected chi connectivity index (χ3v) is 6.16. The van der Waals surface area contributed by atoms with Crippen molar-refractivity contribution in [2.24, 2.45) is 0 Å². The summed E-state index contributed by atoms with van der Waals surface area (Å²) in [7, 11) is -4.96. The molecule has 1 N–H and O–H groups in total. The molecule has 0 spiro atoms. The number of halogens is 1. The largest absolute Gasteiger partial charge is 0.280 e. The summed E-state index contributed by atoms with van der Waals surface area (Å²) < 4.78 is 65.0. The van der Waals surface area contributed by atoms with Crippen molar-refractivity contribution >= 4 is 25.7 Å². The lowest BCUT2D eigenvalue weighted by molar-refractivity contribution is 0.521. The zero-order valence-electron chi connectivity index (χ0n) is 12.4. The van der Waals surface area contributed by atoms with Crippen molar-refractivity contribution in [3.05, 3.63) is 54.3 Å². The molecule has 0 saturated heterocycles. The van der Waals surface area contributed by atoms with Gasteiger partial charge in [0.05, 0.1) is 15.5 Å². The molecule has 0 fully saturated rings. The number of hydrogen-bond acceptors (Lipinski definition) is 4. The van der Waals surface area contributed by atoms with Gasteiger partial charge in [-0.3, -0.25) is 4.72 Å². The second-order valence-electron chi connectivity index (χ2n) is 4.88. The molecular weight excluding hydrogens is 343 g/mol. The van der Waals surface area contributed by atoms with E-state index < -0.39 is 25.9 Å². The van der Waals surface area contributed by atoms with Crippen LogP contribution in [0.5, 0.6) is 0 Å². The Morgan fingerprint density at radius 1 is 0.913 bits per heavy atom. The van der Waals surface area contributed by atoms with Crippen LogP contribution in [0.3, 0.4) is 0 Å². The molecule has 0 radical (unpaired) electrons. The van der Waals surface area contributed by atoms with E-state index in [9.17, 15) is 21.2 Å². The van der Waals surface area contributed by atoms with Crippen molar-refractivity contribution in [2.45, 2.75) is 9.79 Å². The smallest absolute Gasteiger partial charge is 0.261 e. The molecule has 6 nitrogen and oxygen atoms in total. The molecule has 0 aliphatic rings. The molecular formula is C14H15FN2O4S2. The van der Waals surface area contributed by atoms with E-state index in [2.05, 4.69) is 4.72 Å². The Balaban J connectivity index is 2.38. The van der Waals surface area contributed by atoms with E-state index >= 15 is 0 Å². The summed E-state index contributed by atoms with van der Waals surface area (Å²) in [6.07, 6.45) is 0. The van der Waals surface area contributed by atoms with Crippen LogP contribution < -0.4 is 4.72 Å². The number of benzene rings is 2. The monoisotopic (exact) mass is 358 g/mol. The maximum atomic E-state index is 13.2. The van der Waals surface area contributed by atoms with Crippen LogP contribution in [-0.4, -0.2) is 35.2 Å². The molecule has 0 aliphatic carbocycles. The molecule has 0 aromatic heterocycles. The molecule has 124 valence electrons. The van der Waals surface area contributed by atoms with E-state index in [0.717, 1.165) is 16.4 Å². The van der Waals surface area contributed by atoms with Crippen LogP contribution in [0.1, 0.15) is 0 Å². The van der Waals surface area contributed by atoms with Crippen molar-refractivity contribution in [1.82, 2.24) is 4.31 Å². The molecule has 9 heteroatoms. The number of anilines is 1. The number of sulfonamides is 2. The first kappa shape index (κ1) is 17.4. The van der Waals surface area contributed by atoms with Crippen molar-refractivity contribution in [3.63, 3.8) is 0 Å². The van der Waals surface area contributed by atoms with Crippen molar-refractivity contribution in [3.8, 4) is 0 Å². The molecule has 0 aliphatic heterocycles. The van der Waals surface area contributed by atoms with Crippen molar-refractivity contribution < 1.29 is 21.2 Å². The third-order valence-electron chi connectivity index (χ3n) is 2.97. The van der Waals surface area contributed by atoms with Gasteiger partial charge in [-0.05, 0) is 36.4 Å². The van der Waals surface area contributed by atoms with Gasteiger partial charge < -0.3 is 0 Å². The third kappa shape index (κ3) is 3.87. The second-order valence-corrected chi connectivity index (χ2v) is 8.71. The highest BCUT2D eigenvalue weighted by atomic mass is 32.2. The summed E-state index contributed by atoms with van der Waals surface area (Å²) in [6.45, 7) is 0. The number of nitrogens with one attached hydrogen (secondary N) is 1. The van der Waals surface area contributed by atoms with Gasteiger partial charge in [0.1, 0.15) is 5.82 Å². The average Bonchev–Trinajstić information content (AvgIpc) is 2.47. The highest BCUT2D eigenvalue weighted by Crippen LogP contribution is 2.21. The van der Waals surface area contributed by atoms with Gasteiger partial charge in [0, 0.05) is 14.1 Å². The van der Waals surface area contributed by atoms with Gasteiger partial charge in [-0.1, -0.05) is 12.1 Å². The summed E-state index contributed by atoms with van der Waals surface area (Å²) >= 11 is 0. The normalized spacial score (nSPS) is 12.3. The molecule has 0 amide bonds. The van der Waals surface area contributed by atoms with Crippen molar-refractivity contribution in [1.29, 1.82) is 0 Å². The highest BCUT2D eigenvalue weighted by molar-refractivity contribution is 7.92. The first-order valence-electron chi connectivity index (χ1n) is 6.44. The topological polar surface area (TPSA) is 83.6 Å². The van der Waals surface area contributed by atoms with Crippen LogP contribution in [-0.2, 0) is 20.0 Å². The zero-order valence-corrected chi connectivity index (χ0v) is 14.0. The van der Waals surface area contributed by atoms with Gasteiger partial charge in [-0.2, -0.15) is 0 Å². The number of rotatable bonds is 5. The molecule has 2 aromatic rings. The summed E-state index contributed by atoms with van der Waals surface area (Å²) in [5.74, 6) is -0.684. The van der Waals surface area contributed by atoms with Crippen molar-refractivity contribution in [2.75, 3.05) is 18.8 Å². The summed E-state index contributed by atoms with van der Waals surface area (Å²) in [5.41, 5.74) is 0.0668. The summed E-state index contributed by atoms with van der Waals surface area (Å²) in [6, 6.07) is 9.90. The Bertz CT molecular complexity index is 925. The minimum absolute atomic E-state index is 0.0538. The lowest BCUT2D eigenvalue weighted by atomic mass is 10.3. The Hall–Kier alpha value is -1.97. The first-order valence-corrected chi connectivity index (χ1v) is 9.36. The predicted octanol–water partition coefficient (Wildman–Crippen LogP) is 1.88. The van der Waals surface area contributed by atoms with Crippen LogP contribution in [0.2, 0.25) is 0 Å². The van der Waals surface area contributed by atoms with Crippen LogP contribution >= 0.6 is 0 Å². The fraction of sp³-hybridized carbons (Fsp3) is 0.143. The molecule has 0 heterocycles. The summed E-state index contributed by atoms with van der Waals surface area (Å²) in [5, 5.41) is 0. The Kier molecular flexibility index (Phi) is 4.73. The van der Waals surface area contributed by atoms with Crippen LogP contribution in [0.15, 0.2) is 58.3 Å². The molecule has 0 bridgehead atoms. The van der Waals surface area contributed by atoms with Gasteiger partial charge in [0.25, 0.3) is 10.0 Å². The SMILES string of the molecule is CN(C)S(=O)(=O)c1cccc(NS(=O)(=O)c2cccc(F)c2)c1. The lowest BCUT2D eigenvalue weighted by Crippen LogP contribution is -2.22. The van der Waals surface area contributed by atoms with Gasteiger partial charge in [-0.25, -0.2) is 25.5 Å². The first-order chi connectivity index (χ1) is 10.6. The van der Waals surface area contributed by atoms with Gasteiger partial charge in [0.15, 0.2) is 0 Å². The summed E-state index contributed by atoms with van der Waals surface area (Å²) in [4.78, 5) is -0.305. The number of nitrogens with zero attached hydrogens (tertiary/aromatic N) is 1. The van der Waals surface area contributed by atoms with Crippen LogP contribution in [0, 0.1) is 5.82 Å². The zero-order chi connectivity index (χ0) is 17.3. The van der Waals surface area contributed by atoms with E-state index in [1.54, 1.807) is 0 Å². The maximum absolute atomic E-state index is 13.2. The quantitative estimate of drug-likeness (QED) is 0.884. The van der Waals surface area contributed by atoms with E-state index in [0.29, 0.717) is 0 Å². The van der Waals surface area contributed by atoms with Gasteiger partial charge in [-0.15, -0.1) is 0 Å². The fourth-order valence-corrected chi connectivity index (χ4v) is 3.81. The minimum atomic E-state index is -4.02. The molecule has 0 saturated carbocycles. The maximum Gasteiger partial charge on any atom is 0.261 e. The molecule has 2 aromatic carbocycles. The Morgan fingerprint density at radius 2 is 1.52 bits per heavy atom. The van der Waals surface area contributed by atoms with Gasteiger partial charge in [0.2, 0.25) is 10.0 Å². The van der Waals surface area contributed by atoms with Crippen LogP contribution in [0.25, 0.3) is 0 Å². The highest BCUT2D eigenvalue weighted by Gasteiger charge is 2.19. The molecule has 0 atom stereocenters. The molecule has 23 heavy (non-hydrogen) atoms. The predicted molar refractivity (Wildman–Crippen MR) is 84.5 cm³/mol. The molecule has 2 rings (SSSR count). The van der Waals surface area contributed by atoms with E-state index in [1.165, 1.54) is 50.5 Å².